The fourth-order valence-corrected chi connectivity index (χ4v) is 2.09. The van der Waals surface area contributed by atoms with E-state index in [9.17, 15) is 4.79 Å². The number of nitrogens with zero attached hydrogens (tertiary/aromatic N) is 1. The van der Waals surface area contributed by atoms with E-state index in [1.165, 1.54) is 0 Å². The van der Waals surface area contributed by atoms with Gasteiger partial charge < -0.3 is 15.3 Å². The maximum absolute atomic E-state index is 11.9. The van der Waals surface area contributed by atoms with Crippen molar-refractivity contribution in [1.29, 1.82) is 0 Å². The number of benzene rings is 1. The molecule has 1 aliphatic heterocycles. The highest BCUT2D eigenvalue weighted by molar-refractivity contribution is 5.89. The fraction of sp³-hybridized carbons (Fsp3) is 0.462. The molecule has 2 amide bonds. The normalized spacial score (nSPS) is 19.4. The van der Waals surface area contributed by atoms with Crippen molar-refractivity contribution in [2.75, 3.05) is 25.0 Å². The monoisotopic (exact) mass is 234 g/mol. The van der Waals surface area contributed by atoms with Gasteiger partial charge in [-0.3, -0.25) is 0 Å². The van der Waals surface area contributed by atoms with E-state index in [4.69, 9.17) is 5.11 Å². The smallest absolute Gasteiger partial charge is 0.321 e. The Labute approximate surface area is 101 Å². The van der Waals surface area contributed by atoms with Crippen LogP contribution in [-0.2, 0) is 0 Å². The molecule has 1 heterocycles. The molecule has 0 bridgehead atoms. The van der Waals surface area contributed by atoms with Crippen LogP contribution in [0.1, 0.15) is 12.0 Å². The number of carbonyl (C=O) groups is 1. The molecule has 92 valence electrons. The summed E-state index contributed by atoms with van der Waals surface area (Å²) in [6.07, 6.45) is 0.887. The second-order valence-corrected chi connectivity index (χ2v) is 4.58. The van der Waals surface area contributed by atoms with Gasteiger partial charge in [0, 0.05) is 31.3 Å². The average Bonchev–Trinajstić information content (AvgIpc) is 2.77. The number of aliphatic hydroxyl groups is 1. The summed E-state index contributed by atoms with van der Waals surface area (Å²) in [6, 6.07) is 7.66. The van der Waals surface area contributed by atoms with Crippen LogP contribution in [0.3, 0.4) is 0 Å². The summed E-state index contributed by atoms with van der Waals surface area (Å²) in [5.74, 6) is 0.234. The number of aryl methyl sites for hydroxylation is 1. The summed E-state index contributed by atoms with van der Waals surface area (Å²) >= 11 is 0. The summed E-state index contributed by atoms with van der Waals surface area (Å²) in [7, 11) is 0. The van der Waals surface area contributed by atoms with Crippen LogP contribution in [-0.4, -0.2) is 35.7 Å². The molecule has 1 aromatic carbocycles. The lowest BCUT2D eigenvalue weighted by atomic mass is 10.1. The van der Waals surface area contributed by atoms with Gasteiger partial charge in [0.1, 0.15) is 0 Å². The van der Waals surface area contributed by atoms with Crippen LogP contribution in [0.25, 0.3) is 0 Å². The van der Waals surface area contributed by atoms with Crippen molar-refractivity contribution in [2.24, 2.45) is 5.92 Å². The third-order valence-electron chi connectivity index (χ3n) is 3.10. The summed E-state index contributed by atoms with van der Waals surface area (Å²) in [5, 5.41) is 11.9. The minimum Gasteiger partial charge on any atom is -0.396 e. The minimum atomic E-state index is -0.0773. The lowest BCUT2D eigenvalue weighted by Gasteiger charge is -2.17. The highest BCUT2D eigenvalue weighted by Gasteiger charge is 2.25. The standard InChI is InChI=1S/C13H18N2O2/c1-10-3-2-4-12(7-10)14-13(17)15-6-5-11(8-15)9-16/h2-4,7,11,16H,5-6,8-9H2,1H3,(H,14,17). The first kappa shape index (κ1) is 11.9. The second kappa shape index (κ2) is 5.19. The van der Waals surface area contributed by atoms with E-state index >= 15 is 0 Å². The van der Waals surface area contributed by atoms with Crippen LogP contribution in [0, 0.1) is 12.8 Å². The Morgan fingerprint density at radius 2 is 2.41 bits per heavy atom. The molecule has 1 saturated heterocycles. The predicted molar refractivity (Wildman–Crippen MR) is 67.0 cm³/mol. The molecular formula is C13H18N2O2. The largest absolute Gasteiger partial charge is 0.396 e. The molecule has 1 unspecified atom stereocenters. The van der Waals surface area contributed by atoms with E-state index in [2.05, 4.69) is 5.32 Å². The summed E-state index contributed by atoms with van der Waals surface area (Å²) in [4.78, 5) is 13.7. The van der Waals surface area contributed by atoms with Gasteiger partial charge in [0.2, 0.25) is 0 Å². The van der Waals surface area contributed by atoms with Gasteiger partial charge in [-0.2, -0.15) is 0 Å². The van der Waals surface area contributed by atoms with E-state index in [-0.39, 0.29) is 18.6 Å². The lowest BCUT2D eigenvalue weighted by molar-refractivity contribution is 0.209. The van der Waals surface area contributed by atoms with Gasteiger partial charge in [0.25, 0.3) is 0 Å². The molecule has 1 atom stereocenters. The number of hydrogen-bond acceptors (Lipinski definition) is 2. The Morgan fingerprint density at radius 1 is 1.59 bits per heavy atom. The number of hydrogen-bond donors (Lipinski definition) is 2. The predicted octanol–water partition coefficient (Wildman–Crippen LogP) is 1.84. The van der Waals surface area contributed by atoms with Gasteiger partial charge in [-0.15, -0.1) is 0 Å². The fourth-order valence-electron chi connectivity index (χ4n) is 2.09. The molecule has 4 heteroatoms. The van der Waals surface area contributed by atoms with E-state index < -0.39 is 0 Å². The van der Waals surface area contributed by atoms with Crippen molar-refractivity contribution in [3.8, 4) is 0 Å². The van der Waals surface area contributed by atoms with Crippen LogP contribution < -0.4 is 5.32 Å². The molecule has 1 aliphatic rings. The van der Waals surface area contributed by atoms with Crippen molar-refractivity contribution in [2.45, 2.75) is 13.3 Å². The Hall–Kier alpha value is -1.55. The summed E-state index contributed by atoms with van der Waals surface area (Å²) < 4.78 is 0. The first-order valence-corrected chi connectivity index (χ1v) is 5.92. The highest BCUT2D eigenvalue weighted by Crippen LogP contribution is 2.17. The maximum atomic E-state index is 11.9. The molecule has 4 nitrogen and oxygen atoms in total. The molecule has 2 rings (SSSR count). The molecule has 0 spiro atoms. The Kier molecular flexibility index (Phi) is 3.64. The zero-order valence-electron chi connectivity index (χ0n) is 10.0. The molecule has 2 N–H and O–H groups in total. The third kappa shape index (κ3) is 2.97. The molecule has 1 fully saturated rings. The number of nitrogens with one attached hydrogen (secondary N) is 1. The van der Waals surface area contributed by atoms with Gasteiger partial charge in [-0.05, 0) is 31.0 Å². The average molecular weight is 234 g/mol. The Bertz CT molecular complexity index is 406. The minimum absolute atomic E-state index is 0.0773. The number of aliphatic hydroxyl groups excluding tert-OH is 1. The van der Waals surface area contributed by atoms with Crippen LogP contribution in [0.2, 0.25) is 0 Å². The number of urea groups is 1. The maximum Gasteiger partial charge on any atom is 0.321 e. The third-order valence-corrected chi connectivity index (χ3v) is 3.10. The molecular weight excluding hydrogens is 216 g/mol. The van der Waals surface area contributed by atoms with E-state index in [0.29, 0.717) is 6.54 Å². The second-order valence-electron chi connectivity index (χ2n) is 4.58. The highest BCUT2D eigenvalue weighted by atomic mass is 16.3. The summed E-state index contributed by atoms with van der Waals surface area (Å²) in [5.41, 5.74) is 1.94. The van der Waals surface area contributed by atoms with E-state index in [1.807, 2.05) is 31.2 Å². The number of likely N-dealkylation sites (tertiary alicyclic amines) is 1. The zero-order valence-corrected chi connectivity index (χ0v) is 10.0. The Balaban J connectivity index is 1.93. The molecule has 0 aliphatic carbocycles. The first-order chi connectivity index (χ1) is 8.19. The van der Waals surface area contributed by atoms with Crippen LogP contribution in [0.15, 0.2) is 24.3 Å². The Morgan fingerprint density at radius 3 is 3.06 bits per heavy atom. The van der Waals surface area contributed by atoms with Gasteiger partial charge in [0.15, 0.2) is 0 Å². The van der Waals surface area contributed by atoms with Crippen molar-refractivity contribution < 1.29 is 9.90 Å². The molecule has 0 aromatic heterocycles. The number of rotatable bonds is 2. The SMILES string of the molecule is Cc1cccc(NC(=O)N2CCC(CO)C2)c1. The molecule has 0 saturated carbocycles. The van der Waals surface area contributed by atoms with Gasteiger partial charge >= 0.3 is 6.03 Å². The molecule has 1 aromatic rings. The lowest BCUT2D eigenvalue weighted by Crippen LogP contribution is -2.33. The zero-order chi connectivity index (χ0) is 12.3. The topological polar surface area (TPSA) is 52.6 Å². The van der Waals surface area contributed by atoms with Crippen LogP contribution >= 0.6 is 0 Å². The first-order valence-electron chi connectivity index (χ1n) is 5.92. The van der Waals surface area contributed by atoms with Crippen molar-refractivity contribution in [3.63, 3.8) is 0 Å². The molecule has 17 heavy (non-hydrogen) atoms. The number of carbonyl (C=O) groups excluding carboxylic acids is 1. The number of amides is 2. The van der Waals surface area contributed by atoms with Gasteiger partial charge in [-0.1, -0.05) is 12.1 Å². The van der Waals surface area contributed by atoms with Crippen LogP contribution in [0.5, 0.6) is 0 Å². The van der Waals surface area contributed by atoms with Crippen LogP contribution in [0.4, 0.5) is 10.5 Å². The van der Waals surface area contributed by atoms with Gasteiger partial charge in [-0.25, -0.2) is 4.79 Å². The van der Waals surface area contributed by atoms with Gasteiger partial charge in [0.05, 0.1) is 0 Å². The van der Waals surface area contributed by atoms with Crippen molar-refractivity contribution in [1.82, 2.24) is 4.90 Å². The summed E-state index contributed by atoms with van der Waals surface area (Å²) in [6.45, 7) is 3.53. The van der Waals surface area contributed by atoms with E-state index in [0.717, 1.165) is 24.2 Å². The molecule has 0 radical (unpaired) electrons. The van der Waals surface area contributed by atoms with Crippen molar-refractivity contribution in [3.05, 3.63) is 29.8 Å². The number of anilines is 1. The quantitative estimate of drug-likeness (QED) is 0.820. The van der Waals surface area contributed by atoms with E-state index in [1.54, 1.807) is 4.90 Å². The van der Waals surface area contributed by atoms with Crippen molar-refractivity contribution >= 4 is 11.7 Å².